The van der Waals surface area contributed by atoms with E-state index in [9.17, 15) is 9.59 Å². The minimum Gasteiger partial charge on any atom is -0.211 e. The van der Waals surface area contributed by atoms with Gasteiger partial charge in [0.1, 0.15) is 0 Å². The Bertz CT molecular complexity index is 237. The zero-order valence-corrected chi connectivity index (χ0v) is 8.11. The van der Waals surface area contributed by atoms with Crippen molar-refractivity contribution in [2.75, 3.05) is 13.1 Å². The molecule has 0 bridgehead atoms. The highest BCUT2D eigenvalue weighted by molar-refractivity contribution is 5.33. The molecule has 0 aliphatic heterocycles. The van der Waals surface area contributed by atoms with Gasteiger partial charge in [0, 0.05) is 0 Å². The number of isocyanates is 2. The van der Waals surface area contributed by atoms with E-state index in [1.807, 2.05) is 0 Å². The van der Waals surface area contributed by atoms with Crippen molar-refractivity contribution in [3.8, 4) is 0 Å². The van der Waals surface area contributed by atoms with Crippen molar-refractivity contribution in [2.45, 2.75) is 25.7 Å². The zero-order chi connectivity index (χ0) is 10.2. The van der Waals surface area contributed by atoms with Crippen LogP contribution in [0.15, 0.2) is 9.98 Å². The van der Waals surface area contributed by atoms with Crippen LogP contribution in [0, 0.1) is 11.8 Å². The molecular weight excluding hydrogens is 180 g/mol. The maximum atomic E-state index is 9.99. The van der Waals surface area contributed by atoms with Gasteiger partial charge in [0.25, 0.3) is 0 Å². The summed E-state index contributed by atoms with van der Waals surface area (Å²) >= 11 is 0. The fraction of sp³-hybridized carbons (Fsp3) is 0.800. The number of hydrogen-bond donors (Lipinski definition) is 0. The van der Waals surface area contributed by atoms with Crippen molar-refractivity contribution < 1.29 is 9.59 Å². The summed E-state index contributed by atoms with van der Waals surface area (Å²) in [5.74, 6) is 0.782. The quantitative estimate of drug-likeness (QED) is 0.502. The Hall–Kier alpha value is -1.24. The van der Waals surface area contributed by atoms with E-state index < -0.39 is 0 Å². The van der Waals surface area contributed by atoms with Crippen LogP contribution in [-0.2, 0) is 9.59 Å². The molecule has 1 saturated carbocycles. The van der Waals surface area contributed by atoms with Crippen LogP contribution in [0.5, 0.6) is 0 Å². The van der Waals surface area contributed by atoms with Gasteiger partial charge in [0.15, 0.2) is 0 Å². The number of carbonyl (C=O) groups excluding carboxylic acids is 2. The molecule has 4 heteroatoms. The third-order valence-corrected chi connectivity index (χ3v) is 2.85. The lowest BCUT2D eigenvalue weighted by atomic mass is 9.79. The van der Waals surface area contributed by atoms with Crippen molar-refractivity contribution in [1.82, 2.24) is 0 Å². The first-order valence-electron chi connectivity index (χ1n) is 4.95. The lowest BCUT2D eigenvalue weighted by Gasteiger charge is -2.28. The first-order valence-corrected chi connectivity index (χ1v) is 4.95. The summed E-state index contributed by atoms with van der Waals surface area (Å²) in [6, 6.07) is 0. The molecule has 0 aromatic heterocycles. The average molecular weight is 194 g/mol. The Morgan fingerprint density at radius 2 is 1.36 bits per heavy atom. The molecule has 1 aliphatic rings. The summed E-state index contributed by atoms with van der Waals surface area (Å²) in [5, 5.41) is 0. The molecule has 1 fully saturated rings. The third-order valence-electron chi connectivity index (χ3n) is 2.85. The second-order valence-electron chi connectivity index (χ2n) is 3.67. The molecule has 0 saturated heterocycles. The van der Waals surface area contributed by atoms with Gasteiger partial charge < -0.3 is 0 Å². The summed E-state index contributed by atoms with van der Waals surface area (Å²) in [5.41, 5.74) is 0. The van der Waals surface area contributed by atoms with Crippen LogP contribution in [-0.4, -0.2) is 25.2 Å². The zero-order valence-electron chi connectivity index (χ0n) is 8.11. The van der Waals surface area contributed by atoms with E-state index in [0.717, 1.165) is 12.8 Å². The molecule has 14 heavy (non-hydrogen) atoms. The average Bonchev–Trinajstić information content (AvgIpc) is 2.24. The number of rotatable bonds is 4. The molecule has 2 unspecified atom stereocenters. The Balaban J connectivity index is 2.48. The van der Waals surface area contributed by atoms with Crippen LogP contribution in [0.1, 0.15) is 25.7 Å². The Morgan fingerprint density at radius 3 is 1.71 bits per heavy atom. The molecule has 0 radical (unpaired) electrons. The first-order chi connectivity index (χ1) is 6.88. The van der Waals surface area contributed by atoms with E-state index in [1.165, 1.54) is 12.8 Å². The SMILES string of the molecule is O=C=NCC1CCCCC1CN=C=O. The molecule has 1 rings (SSSR count). The van der Waals surface area contributed by atoms with Crippen LogP contribution in [0.25, 0.3) is 0 Å². The van der Waals surface area contributed by atoms with Gasteiger partial charge >= 0.3 is 0 Å². The smallest absolute Gasteiger partial charge is 0.211 e. The van der Waals surface area contributed by atoms with Crippen LogP contribution >= 0.6 is 0 Å². The van der Waals surface area contributed by atoms with Gasteiger partial charge in [-0.05, 0) is 24.7 Å². The fourth-order valence-corrected chi connectivity index (χ4v) is 2.07. The van der Waals surface area contributed by atoms with Gasteiger partial charge in [-0.25, -0.2) is 19.6 Å². The highest BCUT2D eigenvalue weighted by Crippen LogP contribution is 2.30. The van der Waals surface area contributed by atoms with Crippen molar-refractivity contribution in [3.63, 3.8) is 0 Å². The molecule has 0 amide bonds. The second kappa shape index (κ2) is 6.25. The molecule has 0 aromatic carbocycles. The van der Waals surface area contributed by atoms with Crippen LogP contribution in [0.2, 0.25) is 0 Å². The Kier molecular flexibility index (Phi) is 4.84. The van der Waals surface area contributed by atoms with Gasteiger partial charge in [-0.2, -0.15) is 0 Å². The van der Waals surface area contributed by atoms with Crippen molar-refractivity contribution >= 4 is 12.2 Å². The molecule has 0 aromatic rings. The second-order valence-corrected chi connectivity index (χ2v) is 3.67. The largest absolute Gasteiger partial charge is 0.234 e. The molecule has 1 aliphatic carbocycles. The first kappa shape index (κ1) is 10.8. The molecule has 76 valence electrons. The van der Waals surface area contributed by atoms with Gasteiger partial charge in [0.05, 0.1) is 13.1 Å². The molecule has 0 spiro atoms. The van der Waals surface area contributed by atoms with Gasteiger partial charge in [-0.15, -0.1) is 0 Å². The van der Waals surface area contributed by atoms with Gasteiger partial charge in [-0.3, -0.25) is 0 Å². The predicted octanol–water partition coefficient (Wildman–Crippen LogP) is 1.46. The topological polar surface area (TPSA) is 58.9 Å². The number of hydrogen-bond acceptors (Lipinski definition) is 4. The predicted molar refractivity (Wildman–Crippen MR) is 51.4 cm³/mol. The molecule has 0 heterocycles. The van der Waals surface area contributed by atoms with E-state index in [1.54, 1.807) is 12.2 Å². The highest BCUT2D eigenvalue weighted by atomic mass is 16.1. The molecular formula is C10H14N2O2. The minimum atomic E-state index is 0.391. The fourth-order valence-electron chi connectivity index (χ4n) is 2.07. The van der Waals surface area contributed by atoms with E-state index in [4.69, 9.17) is 0 Å². The summed E-state index contributed by atoms with van der Waals surface area (Å²) in [6.07, 6.45) is 7.63. The van der Waals surface area contributed by atoms with E-state index >= 15 is 0 Å². The Labute approximate surface area is 83.1 Å². The van der Waals surface area contributed by atoms with Crippen LogP contribution < -0.4 is 0 Å². The normalized spacial score (nSPS) is 26.0. The number of aliphatic imine (C=N–C) groups is 2. The Morgan fingerprint density at radius 1 is 0.929 bits per heavy atom. The summed E-state index contributed by atoms with van der Waals surface area (Å²) in [6.45, 7) is 1.06. The molecule has 2 atom stereocenters. The standard InChI is InChI=1S/C10H14N2O2/c13-7-11-5-9-3-1-2-4-10(9)6-12-8-14/h9-10H,1-6H2. The van der Waals surface area contributed by atoms with Crippen LogP contribution in [0.3, 0.4) is 0 Å². The van der Waals surface area contributed by atoms with Gasteiger partial charge in [-0.1, -0.05) is 12.8 Å². The lowest BCUT2D eigenvalue weighted by molar-refractivity contribution is 0.251. The summed E-state index contributed by atoms with van der Waals surface area (Å²) in [7, 11) is 0. The monoisotopic (exact) mass is 194 g/mol. The minimum absolute atomic E-state index is 0.391. The van der Waals surface area contributed by atoms with Crippen LogP contribution in [0.4, 0.5) is 0 Å². The van der Waals surface area contributed by atoms with Crippen molar-refractivity contribution in [1.29, 1.82) is 0 Å². The summed E-state index contributed by atoms with van der Waals surface area (Å²) in [4.78, 5) is 27.2. The van der Waals surface area contributed by atoms with E-state index in [2.05, 4.69) is 9.98 Å². The lowest BCUT2D eigenvalue weighted by Crippen LogP contribution is -2.24. The van der Waals surface area contributed by atoms with Crippen molar-refractivity contribution in [3.05, 3.63) is 0 Å². The van der Waals surface area contributed by atoms with Gasteiger partial charge in [0.2, 0.25) is 12.2 Å². The van der Waals surface area contributed by atoms with E-state index in [0.29, 0.717) is 24.9 Å². The maximum absolute atomic E-state index is 9.99. The third kappa shape index (κ3) is 3.25. The maximum Gasteiger partial charge on any atom is 0.234 e. The molecule has 4 nitrogen and oxygen atoms in total. The number of nitrogens with zero attached hydrogens (tertiary/aromatic N) is 2. The highest BCUT2D eigenvalue weighted by Gasteiger charge is 2.24. The molecule has 0 N–H and O–H groups in total. The summed E-state index contributed by atoms with van der Waals surface area (Å²) < 4.78 is 0. The van der Waals surface area contributed by atoms with Crippen molar-refractivity contribution in [2.24, 2.45) is 21.8 Å². The van der Waals surface area contributed by atoms with E-state index in [-0.39, 0.29) is 0 Å².